The number of nitrogens with zero attached hydrogens (tertiary/aromatic N) is 2. The topological polar surface area (TPSA) is 86.8 Å². The van der Waals surface area contributed by atoms with E-state index < -0.39 is 28.5 Å². The van der Waals surface area contributed by atoms with E-state index in [1.54, 1.807) is 43.3 Å². The normalized spacial score (nSPS) is 12.9. The van der Waals surface area contributed by atoms with Gasteiger partial charge in [-0.2, -0.15) is 0 Å². The Hall–Kier alpha value is -2.49. The van der Waals surface area contributed by atoms with E-state index >= 15 is 0 Å². The van der Waals surface area contributed by atoms with E-state index in [0.29, 0.717) is 17.0 Å². The lowest BCUT2D eigenvalue weighted by molar-refractivity contribution is -0.139. The minimum absolute atomic E-state index is 0.0274. The first-order valence-corrected chi connectivity index (χ1v) is 15.4. The van der Waals surface area contributed by atoms with Crippen molar-refractivity contribution in [1.29, 1.82) is 0 Å². The fourth-order valence-corrected chi connectivity index (χ4v) is 6.07. The number of carbonyl (C=O) groups is 2. The van der Waals surface area contributed by atoms with Crippen LogP contribution < -0.4 is 9.62 Å². The Morgan fingerprint density at radius 1 is 0.875 bits per heavy atom. The summed E-state index contributed by atoms with van der Waals surface area (Å²) in [6.07, 6.45) is 0.692. The second-order valence-electron chi connectivity index (χ2n) is 9.22. The second-order valence-corrected chi connectivity index (χ2v) is 12.8. The van der Waals surface area contributed by atoms with Crippen LogP contribution in [-0.2, 0) is 26.2 Å². The predicted octanol–water partition coefficient (Wildman–Crippen LogP) is 6.83. The zero-order valence-electron chi connectivity index (χ0n) is 22.1. The van der Waals surface area contributed by atoms with Gasteiger partial charge in [0.2, 0.25) is 11.8 Å². The highest BCUT2D eigenvalue weighted by Gasteiger charge is 2.33. The molecular formula is C28H29Cl4N3O4S. The van der Waals surface area contributed by atoms with Crippen molar-refractivity contribution in [2.45, 2.75) is 50.7 Å². The Morgan fingerprint density at radius 2 is 1.50 bits per heavy atom. The van der Waals surface area contributed by atoms with Crippen LogP contribution in [0.1, 0.15) is 32.8 Å². The molecule has 0 aliphatic heterocycles. The molecular weight excluding hydrogens is 616 g/mol. The summed E-state index contributed by atoms with van der Waals surface area (Å²) in [6.45, 7) is 4.71. The molecule has 0 aromatic heterocycles. The minimum atomic E-state index is -4.24. The molecule has 214 valence electrons. The van der Waals surface area contributed by atoms with Crippen LogP contribution in [0.2, 0.25) is 20.1 Å². The predicted molar refractivity (Wildman–Crippen MR) is 162 cm³/mol. The van der Waals surface area contributed by atoms with Crippen LogP contribution in [0.15, 0.2) is 71.6 Å². The Bertz CT molecular complexity index is 1450. The molecule has 1 N–H and O–H groups in total. The number of hydrogen-bond donors (Lipinski definition) is 1. The largest absolute Gasteiger partial charge is 0.352 e. The molecule has 0 saturated heterocycles. The number of benzene rings is 3. The van der Waals surface area contributed by atoms with E-state index in [-0.39, 0.29) is 44.1 Å². The first-order valence-electron chi connectivity index (χ1n) is 12.4. The van der Waals surface area contributed by atoms with Crippen LogP contribution in [0.25, 0.3) is 0 Å². The average molecular weight is 645 g/mol. The summed E-state index contributed by atoms with van der Waals surface area (Å²) in [5.74, 6) is -1.01. The maximum Gasteiger partial charge on any atom is 0.264 e. The van der Waals surface area contributed by atoms with E-state index in [1.807, 2.05) is 13.8 Å². The van der Waals surface area contributed by atoms with Crippen LogP contribution >= 0.6 is 46.4 Å². The third-order valence-electron chi connectivity index (χ3n) is 6.25. The molecule has 0 spiro atoms. The fraction of sp³-hybridized carbons (Fsp3) is 0.286. The molecule has 2 atom stereocenters. The summed E-state index contributed by atoms with van der Waals surface area (Å²) in [5.41, 5.74) is 0.704. The van der Waals surface area contributed by atoms with Gasteiger partial charge in [-0.3, -0.25) is 13.9 Å². The third-order valence-corrected chi connectivity index (χ3v) is 9.21. The van der Waals surface area contributed by atoms with E-state index in [2.05, 4.69) is 5.32 Å². The number of sulfonamides is 1. The highest BCUT2D eigenvalue weighted by atomic mass is 35.5. The molecule has 0 aliphatic carbocycles. The number of rotatable bonds is 11. The molecule has 3 rings (SSSR count). The van der Waals surface area contributed by atoms with Crippen molar-refractivity contribution in [2.24, 2.45) is 0 Å². The van der Waals surface area contributed by atoms with E-state index in [1.165, 1.54) is 35.2 Å². The lowest BCUT2D eigenvalue weighted by Crippen LogP contribution is -2.52. The first-order chi connectivity index (χ1) is 18.8. The third kappa shape index (κ3) is 8.04. The molecule has 0 heterocycles. The Kier molecular flexibility index (Phi) is 11.1. The van der Waals surface area contributed by atoms with Crippen molar-refractivity contribution in [1.82, 2.24) is 10.2 Å². The lowest BCUT2D eigenvalue weighted by Gasteiger charge is -2.32. The van der Waals surface area contributed by atoms with Gasteiger partial charge in [-0.25, -0.2) is 8.42 Å². The molecule has 12 heteroatoms. The smallest absolute Gasteiger partial charge is 0.264 e. The Labute approximate surface area is 255 Å². The Balaban J connectivity index is 2.06. The maximum absolute atomic E-state index is 13.9. The van der Waals surface area contributed by atoms with Crippen molar-refractivity contribution in [3.8, 4) is 0 Å². The van der Waals surface area contributed by atoms with Gasteiger partial charge in [-0.1, -0.05) is 77.6 Å². The van der Waals surface area contributed by atoms with Crippen LogP contribution in [0.4, 0.5) is 5.69 Å². The summed E-state index contributed by atoms with van der Waals surface area (Å²) in [7, 11) is -4.24. The molecule has 0 saturated carbocycles. The minimum Gasteiger partial charge on any atom is -0.352 e. The van der Waals surface area contributed by atoms with Gasteiger partial charge in [0.1, 0.15) is 12.6 Å². The molecule has 0 aliphatic rings. The van der Waals surface area contributed by atoms with Crippen molar-refractivity contribution < 1.29 is 18.0 Å². The SMILES string of the molecule is CC[C@@H](C)NC(=O)[C@H](C)N(Cc1ccc(Cl)c(Cl)c1)C(=O)CN(c1cc(Cl)cc(Cl)c1)S(=O)(=O)c1ccccc1. The van der Waals surface area contributed by atoms with Gasteiger partial charge in [-0.15, -0.1) is 0 Å². The van der Waals surface area contributed by atoms with Crippen molar-refractivity contribution >= 4 is 73.9 Å². The van der Waals surface area contributed by atoms with Crippen LogP contribution in [-0.4, -0.2) is 43.8 Å². The van der Waals surface area contributed by atoms with E-state index in [9.17, 15) is 18.0 Å². The van der Waals surface area contributed by atoms with Gasteiger partial charge in [0.25, 0.3) is 10.0 Å². The average Bonchev–Trinajstić information content (AvgIpc) is 2.91. The standard InChI is InChI=1S/C28H29Cl4N3O4S/c1-4-18(2)33-28(37)19(3)34(16-20-10-11-25(31)26(32)12-20)27(36)17-35(23-14-21(29)13-22(30)15-23)40(38,39)24-8-6-5-7-9-24/h5-15,18-19H,4,16-17H2,1-3H3,(H,33,37)/t18-,19+/m1/s1. The molecule has 7 nitrogen and oxygen atoms in total. The van der Waals surface area contributed by atoms with Crippen molar-refractivity contribution in [2.75, 3.05) is 10.8 Å². The monoisotopic (exact) mass is 643 g/mol. The van der Waals surface area contributed by atoms with E-state index in [0.717, 1.165) is 4.31 Å². The van der Waals surface area contributed by atoms with Gasteiger partial charge in [0, 0.05) is 22.6 Å². The summed E-state index contributed by atoms with van der Waals surface area (Å²) < 4.78 is 28.5. The van der Waals surface area contributed by atoms with Gasteiger partial charge < -0.3 is 10.2 Å². The Morgan fingerprint density at radius 3 is 2.08 bits per heavy atom. The molecule has 0 unspecified atom stereocenters. The first kappa shape index (κ1) is 32.0. The highest BCUT2D eigenvalue weighted by Crippen LogP contribution is 2.30. The number of nitrogens with one attached hydrogen (secondary N) is 1. The molecule has 3 aromatic carbocycles. The zero-order valence-corrected chi connectivity index (χ0v) is 25.9. The molecule has 0 radical (unpaired) electrons. The van der Waals surface area contributed by atoms with Gasteiger partial charge >= 0.3 is 0 Å². The number of anilines is 1. The van der Waals surface area contributed by atoms with E-state index in [4.69, 9.17) is 46.4 Å². The molecule has 3 aromatic rings. The van der Waals surface area contributed by atoms with Crippen LogP contribution in [0.3, 0.4) is 0 Å². The molecule has 2 amide bonds. The highest BCUT2D eigenvalue weighted by molar-refractivity contribution is 7.92. The van der Waals surface area contributed by atoms with Crippen LogP contribution in [0.5, 0.6) is 0 Å². The van der Waals surface area contributed by atoms with Gasteiger partial charge in [-0.05, 0) is 68.3 Å². The van der Waals surface area contributed by atoms with Gasteiger partial charge in [0.05, 0.1) is 20.6 Å². The molecule has 0 fully saturated rings. The summed E-state index contributed by atoms with van der Waals surface area (Å²) in [6, 6.07) is 15.8. The summed E-state index contributed by atoms with van der Waals surface area (Å²) in [4.78, 5) is 28.3. The quantitative estimate of drug-likeness (QED) is 0.248. The summed E-state index contributed by atoms with van der Waals surface area (Å²) in [5, 5.41) is 3.88. The van der Waals surface area contributed by atoms with Crippen molar-refractivity contribution in [3.05, 3.63) is 92.4 Å². The second kappa shape index (κ2) is 13.9. The number of hydrogen-bond acceptors (Lipinski definition) is 4. The van der Waals surface area contributed by atoms with Crippen LogP contribution in [0, 0.1) is 0 Å². The summed E-state index contributed by atoms with van der Waals surface area (Å²) >= 11 is 24.7. The molecule has 0 bridgehead atoms. The number of halogens is 4. The number of carbonyl (C=O) groups excluding carboxylic acids is 2. The maximum atomic E-state index is 13.9. The van der Waals surface area contributed by atoms with Crippen molar-refractivity contribution in [3.63, 3.8) is 0 Å². The fourth-order valence-electron chi connectivity index (χ4n) is 3.81. The molecule has 40 heavy (non-hydrogen) atoms. The number of amides is 2. The zero-order chi connectivity index (χ0) is 29.6. The van der Waals surface area contributed by atoms with Gasteiger partial charge in [0.15, 0.2) is 0 Å². The lowest BCUT2D eigenvalue weighted by atomic mass is 10.1.